The van der Waals surface area contributed by atoms with Crippen molar-refractivity contribution in [1.82, 2.24) is 10.1 Å². The highest BCUT2D eigenvalue weighted by atomic mass is 35.5. The van der Waals surface area contributed by atoms with Crippen LogP contribution in [-0.2, 0) is 17.8 Å². The Hall–Kier alpha value is -3.96. The lowest BCUT2D eigenvalue weighted by atomic mass is 10.0. The smallest absolute Gasteiger partial charge is 0.341 e. The summed E-state index contributed by atoms with van der Waals surface area (Å²) in [6, 6.07) is 14.0. The molecule has 3 aromatic carbocycles. The van der Waals surface area contributed by atoms with Crippen molar-refractivity contribution in [2.45, 2.75) is 38.7 Å². The van der Waals surface area contributed by atoms with Gasteiger partial charge in [-0.05, 0) is 49.2 Å². The monoisotopic (exact) mass is 620 g/mol. The fourth-order valence-corrected chi connectivity index (χ4v) is 5.39. The first kappa shape index (κ1) is 28.2. The Morgan fingerprint density at radius 1 is 1.05 bits per heavy atom. The first-order valence-corrected chi connectivity index (χ1v) is 14.4. The van der Waals surface area contributed by atoms with E-state index in [1.165, 1.54) is 7.11 Å². The molecule has 0 unspecified atom stereocenters. The summed E-state index contributed by atoms with van der Waals surface area (Å²) >= 11 is 19.5. The van der Waals surface area contributed by atoms with E-state index in [1.807, 2.05) is 6.92 Å². The van der Waals surface area contributed by atoms with Gasteiger partial charge >= 0.3 is 5.97 Å². The second kappa shape index (κ2) is 11.7. The molecule has 0 atom stereocenters. The number of methoxy groups -OCH3 is 1. The normalized spacial score (nSPS) is 12.7. The van der Waals surface area contributed by atoms with Crippen LogP contribution in [0.1, 0.15) is 64.4 Å². The van der Waals surface area contributed by atoms with Crippen LogP contribution in [-0.4, -0.2) is 23.2 Å². The number of rotatable bonds is 7. The fourth-order valence-electron chi connectivity index (χ4n) is 4.59. The summed E-state index contributed by atoms with van der Waals surface area (Å²) in [5.74, 6) is 7.77. The standard InChI is InChI=1S/C32H23Cl3N2O5/c1-3-27-36-26-14-17(13-21(31(26)41-27)32(38)39-2)7-8-18-11-12-20(15-25(18)35)40-16-22-29(37-42-30(22)19-9-10-19)28-23(33)5-4-6-24(28)34/h4-6,11-15,19H,3,9-10,16H2,1-2H3. The molecule has 2 heterocycles. The van der Waals surface area contributed by atoms with E-state index in [0.29, 0.717) is 72.5 Å². The molecule has 1 aliphatic carbocycles. The van der Waals surface area contributed by atoms with E-state index in [1.54, 1.807) is 48.5 Å². The highest BCUT2D eigenvalue weighted by molar-refractivity contribution is 6.39. The molecule has 1 fully saturated rings. The molecule has 7 nitrogen and oxygen atoms in total. The SMILES string of the molecule is CCc1nc2cc(C#Cc3ccc(OCc4c(-c5c(Cl)cccc5Cl)noc4C4CC4)cc3Cl)cc(C(=O)OC)c2o1. The number of oxazole rings is 1. The summed E-state index contributed by atoms with van der Waals surface area (Å²) in [5.41, 5.74) is 4.33. The van der Waals surface area contributed by atoms with E-state index < -0.39 is 5.97 Å². The number of ether oxygens (including phenoxy) is 2. The van der Waals surface area contributed by atoms with Gasteiger partial charge in [-0.15, -0.1) is 0 Å². The lowest BCUT2D eigenvalue weighted by Gasteiger charge is -2.10. The number of aryl methyl sites for hydroxylation is 1. The van der Waals surface area contributed by atoms with Crippen molar-refractivity contribution in [2.75, 3.05) is 7.11 Å². The van der Waals surface area contributed by atoms with Gasteiger partial charge in [-0.3, -0.25) is 0 Å². The Morgan fingerprint density at radius 3 is 2.52 bits per heavy atom. The van der Waals surface area contributed by atoms with Crippen molar-refractivity contribution in [2.24, 2.45) is 0 Å². The Balaban J connectivity index is 1.25. The molecule has 0 amide bonds. The summed E-state index contributed by atoms with van der Waals surface area (Å²) in [7, 11) is 1.32. The number of carbonyl (C=O) groups excluding carboxylic acids is 1. The lowest BCUT2D eigenvalue weighted by Crippen LogP contribution is -2.02. The molecule has 0 aliphatic heterocycles. The highest BCUT2D eigenvalue weighted by Gasteiger charge is 2.33. The van der Waals surface area contributed by atoms with Gasteiger partial charge in [0.1, 0.15) is 34.9 Å². The van der Waals surface area contributed by atoms with Crippen LogP contribution in [0.2, 0.25) is 15.1 Å². The maximum atomic E-state index is 12.4. The zero-order valence-electron chi connectivity index (χ0n) is 22.6. The van der Waals surface area contributed by atoms with Crippen LogP contribution in [0.5, 0.6) is 5.75 Å². The molecule has 5 aromatic rings. The van der Waals surface area contributed by atoms with Crippen molar-refractivity contribution in [3.8, 4) is 28.8 Å². The fraction of sp³-hybridized carbons (Fsp3) is 0.219. The molecule has 0 N–H and O–H groups in total. The van der Waals surface area contributed by atoms with Gasteiger partial charge in [0.25, 0.3) is 0 Å². The molecule has 0 spiro atoms. The molecule has 1 aliphatic rings. The average Bonchev–Trinajstić information content (AvgIpc) is 3.61. The Kier molecular flexibility index (Phi) is 7.87. The number of carbonyl (C=O) groups is 1. The topological polar surface area (TPSA) is 87.6 Å². The van der Waals surface area contributed by atoms with E-state index in [2.05, 4.69) is 22.0 Å². The van der Waals surface area contributed by atoms with Crippen molar-refractivity contribution in [1.29, 1.82) is 0 Å². The van der Waals surface area contributed by atoms with Crippen LogP contribution in [0.25, 0.3) is 22.4 Å². The predicted molar refractivity (Wildman–Crippen MR) is 160 cm³/mol. The van der Waals surface area contributed by atoms with E-state index in [0.717, 1.165) is 24.2 Å². The maximum Gasteiger partial charge on any atom is 0.341 e. The van der Waals surface area contributed by atoms with E-state index in [9.17, 15) is 4.79 Å². The van der Waals surface area contributed by atoms with Crippen molar-refractivity contribution in [3.05, 3.63) is 97.5 Å². The molecular formula is C32H23Cl3N2O5. The van der Waals surface area contributed by atoms with Crippen LogP contribution in [0.15, 0.2) is 57.5 Å². The Labute approximate surface area is 256 Å². The summed E-state index contributed by atoms with van der Waals surface area (Å²) in [5, 5.41) is 5.68. The van der Waals surface area contributed by atoms with Crippen LogP contribution >= 0.6 is 34.8 Å². The highest BCUT2D eigenvalue weighted by Crippen LogP contribution is 2.46. The van der Waals surface area contributed by atoms with E-state index in [4.69, 9.17) is 53.2 Å². The molecule has 212 valence electrons. The van der Waals surface area contributed by atoms with Crippen molar-refractivity contribution < 1.29 is 23.2 Å². The molecule has 42 heavy (non-hydrogen) atoms. The third-order valence-corrected chi connectivity index (χ3v) is 7.82. The van der Waals surface area contributed by atoms with Crippen LogP contribution in [0.3, 0.4) is 0 Å². The van der Waals surface area contributed by atoms with Gasteiger partial charge in [0, 0.05) is 35.1 Å². The Bertz CT molecular complexity index is 1880. The molecule has 6 rings (SSSR count). The second-order valence-corrected chi connectivity index (χ2v) is 11.0. The lowest BCUT2D eigenvalue weighted by molar-refractivity contribution is 0.0601. The third-order valence-electron chi connectivity index (χ3n) is 6.87. The first-order valence-electron chi connectivity index (χ1n) is 13.2. The zero-order chi connectivity index (χ0) is 29.4. The van der Waals surface area contributed by atoms with Gasteiger partial charge in [0.15, 0.2) is 11.5 Å². The Morgan fingerprint density at radius 2 is 1.83 bits per heavy atom. The molecule has 2 aromatic heterocycles. The molecule has 0 bridgehead atoms. The average molecular weight is 622 g/mol. The number of nitrogens with zero attached hydrogens (tertiary/aromatic N) is 2. The van der Waals surface area contributed by atoms with Gasteiger partial charge in [-0.1, -0.05) is 64.8 Å². The number of benzene rings is 3. The number of halogens is 3. The zero-order valence-corrected chi connectivity index (χ0v) is 24.9. The minimum absolute atomic E-state index is 0.196. The quantitative estimate of drug-likeness (QED) is 0.133. The van der Waals surface area contributed by atoms with Crippen LogP contribution in [0, 0.1) is 11.8 Å². The van der Waals surface area contributed by atoms with Crippen molar-refractivity contribution in [3.63, 3.8) is 0 Å². The maximum absolute atomic E-state index is 12.4. The minimum Gasteiger partial charge on any atom is -0.489 e. The van der Waals surface area contributed by atoms with Gasteiger partial charge in [-0.25, -0.2) is 9.78 Å². The van der Waals surface area contributed by atoms with E-state index in [-0.39, 0.29) is 12.2 Å². The number of hydrogen-bond donors (Lipinski definition) is 0. The first-order chi connectivity index (χ1) is 20.4. The second-order valence-electron chi connectivity index (χ2n) is 9.75. The van der Waals surface area contributed by atoms with Gasteiger partial charge < -0.3 is 18.4 Å². The van der Waals surface area contributed by atoms with Crippen LogP contribution in [0.4, 0.5) is 0 Å². The summed E-state index contributed by atoms with van der Waals surface area (Å²) < 4.78 is 22.5. The van der Waals surface area contributed by atoms with Gasteiger partial charge in [0.05, 0.1) is 27.7 Å². The summed E-state index contributed by atoms with van der Waals surface area (Å²) in [6.07, 6.45) is 2.65. The van der Waals surface area contributed by atoms with Gasteiger partial charge in [-0.2, -0.15) is 0 Å². The molecule has 1 saturated carbocycles. The minimum atomic E-state index is -0.528. The third kappa shape index (κ3) is 5.58. The predicted octanol–water partition coefficient (Wildman–Crippen LogP) is 8.65. The van der Waals surface area contributed by atoms with Crippen molar-refractivity contribution >= 4 is 51.9 Å². The summed E-state index contributed by atoms with van der Waals surface area (Å²) in [6.45, 7) is 2.12. The van der Waals surface area contributed by atoms with Crippen LogP contribution < -0.4 is 4.74 Å². The summed E-state index contributed by atoms with van der Waals surface area (Å²) in [4.78, 5) is 16.8. The number of esters is 1. The molecule has 10 heteroatoms. The molecular weight excluding hydrogens is 599 g/mol. The van der Waals surface area contributed by atoms with E-state index >= 15 is 0 Å². The molecule has 0 saturated heterocycles. The molecule has 0 radical (unpaired) electrons. The number of fused-ring (bicyclic) bond motifs is 1. The largest absolute Gasteiger partial charge is 0.489 e. The van der Waals surface area contributed by atoms with Gasteiger partial charge in [0.2, 0.25) is 0 Å². The number of aromatic nitrogens is 2. The number of hydrogen-bond acceptors (Lipinski definition) is 7.